The first-order chi connectivity index (χ1) is 14.2. The second kappa shape index (κ2) is 9.11. The van der Waals surface area contributed by atoms with Gasteiger partial charge < -0.3 is 9.64 Å². The van der Waals surface area contributed by atoms with Gasteiger partial charge in [0.15, 0.2) is 5.69 Å². The van der Waals surface area contributed by atoms with Crippen molar-refractivity contribution >= 4 is 17.6 Å². The van der Waals surface area contributed by atoms with Crippen LogP contribution in [0.3, 0.4) is 0 Å². The van der Waals surface area contributed by atoms with E-state index in [-0.39, 0.29) is 5.91 Å². The fraction of sp³-hybridized carbons (Fsp3) is 0.333. The van der Waals surface area contributed by atoms with E-state index in [1.54, 1.807) is 4.90 Å². The minimum absolute atomic E-state index is 0.103. The van der Waals surface area contributed by atoms with Crippen LogP contribution >= 0.6 is 11.7 Å². The summed E-state index contributed by atoms with van der Waals surface area (Å²) in [5, 5.41) is 0. The molecule has 1 aliphatic heterocycles. The summed E-state index contributed by atoms with van der Waals surface area (Å²) < 4.78 is 13.9. The number of carbonyl (C=O) groups excluding carboxylic acids is 1. The molecule has 3 aromatic rings. The van der Waals surface area contributed by atoms with Crippen molar-refractivity contribution in [1.29, 1.82) is 0 Å². The van der Waals surface area contributed by atoms with Gasteiger partial charge in [-0.25, -0.2) is 0 Å². The number of ether oxygens (including phenoxy) is 1. The highest BCUT2D eigenvalue weighted by Gasteiger charge is 2.23. The van der Waals surface area contributed by atoms with Gasteiger partial charge in [-0.1, -0.05) is 13.0 Å². The third kappa shape index (κ3) is 4.78. The quantitative estimate of drug-likeness (QED) is 0.623. The Labute approximate surface area is 174 Å². The molecule has 3 heterocycles. The van der Waals surface area contributed by atoms with Crippen molar-refractivity contribution in [2.24, 2.45) is 0 Å². The number of aromatic nitrogens is 3. The molecule has 1 amide bonds. The van der Waals surface area contributed by atoms with E-state index in [2.05, 4.69) is 37.7 Å². The average Bonchev–Trinajstić information content (AvgIpc) is 3.20. The number of amides is 1. The van der Waals surface area contributed by atoms with Crippen molar-refractivity contribution in [2.75, 3.05) is 19.7 Å². The Bertz CT molecular complexity index is 949. The Kier molecular flexibility index (Phi) is 6.12. The van der Waals surface area contributed by atoms with Crippen molar-refractivity contribution in [3.8, 4) is 5.75 Å². The van der Waals surface area contributed by atoms with Gasteiger partial charge >= 0.3 is 0 Å². The van der Waals surface area contributed by atoms with Gasteiger partial charge in [0.1, 0.15) is 12.4 Å². The third-order valence-electron chi connectivity index (χ3n) is 4.98. The number of carbonyl (C=O) groups is 1. The van der Waals surface area contributed by atoms with Gasteiger partial charge in [0.2, 0.25) is 0 Å². The summed E-state index contributed by atoms with van der Waals surface area (Å²) in [5.41, 5.74) is 3.86. The lowest BCUT2D eigenvalue weighted by atomic mass is 10.1. The van der Waals surface area contributed by atoms with Crippen molar-refractivity contribution in [1.82, 2.24) is 23.5 Å². The van der Waals surface area contributed by atoms with Gasteiger partial charge in [-0.2, -0.15) is 8.75 Å². The number of pyridine rings is 1. The average molecular weight is 410 g/mol. The molecular formula is C21H23N5O2S. The predicted molar refractivity (Wildman–Crippen MR) is 111 cm³/mol. The van der Waals surface area contributed by atoms with Crippen LogP contribution in [0, 0.1) is 0 Å². The van der Waals surface area contributed by atoms with Crippen LogP contribution in [0.15, 0.2) is 48.9 Å². The van der Waals surface area contributed by atoms with Gasteiger partial charge in [0, 0.05) is 37.6 Å². The van der Waals surface area contributed by atoms with E-state index in [9.17, 15) is 4.79 Å². The molecule has 4 rings (SSSR count). The van der Waals surface area contributed by atoms with Crippen molar-refractivity contribution in [2.45, 2.75) is 26.6 Å². The normalized spacial score (nSPS) is 13.7. The minimum atomic E-state index is -0.103. The zero-order valence-corrected chi connectivity index (χ0v) is 17.1. The van der Waals surface area contributed by atoms with Crippen molar-refractivity contribution in [3.05, 3.63) is 71.3 Å². The molecule has 150 valence electrons. The van der Waals surface area contributed by atoms with Gasteiger partial charge in [0.05, 0.1) is 24.5 Å². The topological polar surface area (TPSA) is 71.5 Å². The first-order valence-electron chi connectivity index (χ1n) is 9.65. The van der Waals surface area contributed by atoms with E-state index in [4.69, 9.17) is 4.74 Å². The summed E-state index contributed by atoms with van der Waals surface area (Å²) in [4.78, 5) is 20.9. The molecule has 0 bridgehead atoms. The molecule has 0 spiro atoms. The number of benzene rings is 1. The van der Waals surface area contributed by atoms with E-state index in [1.165, 1.54) is 17.3 Å². The summed E-state index contributed by atoms with van der Waals surface area (Å²) in [5.74, 6) is 0.742. The Balaban J connectivity index is 1.49. The zero-order valence-electron chi connectivity index (χ0n) is 16.3. The molecule has 8 heteroatoms. The van der Waals surface area contributed by atoms with Crippen molar-refractivity contribution in [3.63, 3.8) is 0 Å². The van der Waals surface area contributed by atoms with Crippen LogP contribution < -0.4 is 4.74 Å². The molecule has 0 N–H and O–H groups in total. The molecule has 1 aromatic carbocycles. The highest BCUT2D eigenvalue weighted by molar-refractivity contribution is 6.99. The largest absolute Gasteiger partial charge is 0.491 e. The van der Waals surface area contributed by atoms with Crippen LogP contribution in [0.2, 0.25) is 0 Å². The van der Waals surface area contributed by atoms with Gasteiger partial charge in [-0.05, 0) is 41.9 Å². The third-order valence-corrected chi connectivity index (χ3v) is 5.46. The zero-order chi connectivity index (χ0) is 20.1. The lowest BCUT2D eigenvalue weighted by molar-refractivity contribution is 0.0728. The second-order valence-electron chi connectivity index (χ2n) is 6.97. The molecule has 0 saturated carbocycles. The monoisotopic (exact) mass is 409 g/mol. The van der Waals surface area contributed by atoms with Crippen LogP contribution in [-0.2, 0) is 19.6 Å². The Hall–Kier alpha value is -2.84. The molecule has 7 nitrogen and oxygen atoms in total. The van der Waals surface area contributed by atoms with E-state index in [1.807, 2.05) is 30.6 Å². The summed E-state index contributed by atoms with van der Waals surface area (Å²) >= 11 is 1.05. The van der Waals surface area contributed by atoms with Crippen LogP contribution in [0.4, 0.5) is 0 Å². The first kappa shape index (κ1) is 19.5. The maximum absolute atomic E-state index is 12.7. The van der Waals surface area contributed by atoms with Gasteiger partial charge in [-0.3, -0.25) is 14.7 Å². The van der Waals surface area contributed by atoms with Crippen LogP contribution in [-0.4, -0.2) is 49.1 Å². The van der Waals surface area contributed by atoms with Crippen LogP contribution in [0.25, 0.3) is 0 Å². The lowest BCUT2D eigenvalue weighted by Crippen LogP contribution is -2.32. The number of rotatable bonds is 6. The Morgan fingerprint density at radius 1 is 1.21 bits per heavy atom. The molecule has 0 saturated heterocycles. The van der Waals surface area contributed by atoms with Crippen LogP contribution in [0.1, 0.15) is 34.1 Å². The molecule has 0 fully saturated rings. The highest BCUT2D eigenvalue weighted by Crippen LogP contribution is 2.26. The molecule has 0 unspecified atom stereocenters. The number of hydrogen-bond acceptors (Lipinski definition) is 7. The summed E-state index contributed by atoms with van der Waals surface area (Å²) in [6, 6.07) is 10.4. The summed E-state index contributed by atoms with van der Waals surface area (Å²) in [6.07, 6.45) is 5.17. The second-order valence-corrected chi connectivity index (χ2v) is 7.53. The number of fused-ring (bicyclic) bond motifs is 1. The highest BCUT2D eigenvalue weighted by atomic mass is 32.1. The molecular weight excluding hydrogens is 386 g/mol. The van der Waals surface area contributed by atoms with E-state index in [0.29, 0.717) is 25.4 Å². The lowest BCUT2D eigenvalue weighted by Gasteiger charge is -2.22. The number of hydrogen-bond donors (Lipinski definition) is 0. The predicted octanol–water partition coefficient (Wildman–Crippen LogP) is 2.99. The maximum Gasteiger partial charge on any atom is 0.275 e. The fourth-order valence-electron chi connectivity index (χ4n) is 3.42. The standard InChI is InChI=1S/C21H23N5O2S/c1-2-25(13-16-5-7-22-8-6-16)14-17-3-4-20-18(11-17)15-26(9-10-28-20)21(27)19-12-23-29-24-19/h3-8,11-12H,2,9-10,13-15H2,1H3. The Morgan fingerprint density at radius 2 is 2.03 bits per heavy atom. The molecule has 0 atom stereocenters. The van der Waals surface area contributed by atoms with Crippen LogP contribution in [0.5, 0.6) is 5.75 Å². The van der Waals surface area contributed by atoms with E-state index in [0.717, 1.165) is 42.7 Å². The molecule has 1 aliphatic rings. The van der Waals surface area contributed by atoms with E-state index >= 15 is 0 Å². The number of nitrogens with zero attached hydrogens (tertiary/aromatic N) is 5. The van der Waals surface area contributed by atoms with E-state index < -0.39 is 0 Å². The fourth-order valence-corrected chi connectivity index (χ4v) is 3.83. The van der Waals surface area contributed by atoms with Crippen molar-refractivity contribution < 1.29 is 9.53 Å². The molecule has 0 radical (unpaired) electrons. The molecule has 0 aliphatic carbocycles. The maximum atomic E-state index is 12.7. The smallest absolute Gasteiger partial charge is 0.275 e. The molecule has 29 heavy (non-hydrogen) atoms. The SMILES string of the molecule is CCN(Cc1ccncc1)Cc1ccc2c(c1)CN(C(=O)c1cnsn1)CCO2. The molecule has 2 aromatic heterocycles. The first-order valence-corrected chi connectivity index (χ1v) is 10.4. The minimum Gasteiger partial charge on any atom is -0.491 e. The Morgan fingerprint density at radius 3 is 2.79 bits per heavy atom. The summed E-state index contributed by atoms with van der Waals surface area (Å²) in [7, 11) is 0. The van der Waals surface area contributed by atoms with Gasteiger partial charge in [-0.15, -0.1) is 0 Å². The summed E-state index contributed by atoms with van der Waals surface area (Å²) in [6.45, 7) is 6.32. The van der Waals surface area contributed by atoms with Gasteiger partial charge in [0.25, 0.3) is 5.91 Å².